The van der Waals surface area contributed by atoms with Gasteiger partial charge in [0.15, 0.2) is 9.84 Å². The van der Waals surface area contributed by atoms with E-state index >= 15 is 0 Å². The molecule has 0 bridgehead atoms. The number of hydrogen-bond donors (Lipinski definition) is 1. The van der Waals surface area contributed by atoms with Crippen LogP contribution in [0.4, 0.5) is 0 Å². The predicted octanol–water partition coefficient (Wildman–Crippen LogP) is 2.11. The van der Waals surface area contributed by atoms with Crippen molar-refractivity contribution in [3.05, 3.63) is 54.2 Å². The largest absolute Gasteiger partial charge is 0.326 e. The number of nitrogens with two attached hydrogens (primary N) is 1. The van der Waals surface area contributed by atoms with Gasteiger partial charge in [0.1, 0.15) is 0 Å². The van der Waals surface area contributed by atoms with Gasteiger partial charge in [0.25, 0.3) is 0 Å². The molecule has 2 aromatic rings. The van der Waals surface area contributed by atoms with Gasteiger partial charge in [-0.05, 0) is 29.8 Å². The van der Waals surface area contributed by atoms with E-state index in [0.717, 1.165) is 10.6 Å². The third kappa shape index (κ3) is 4.06. The van der Waals surface area contributed by atoms with Crippen molar-refractivity contribution < 1.29 is 8.42 Å². The van der Waals surface area contributed by atoms with E-state index in [0.29, 0.717) is 17.2 Å². The fourth-order valence-electron chi connectivity index (χ4n) is 1.64. The number of benzene rings is 1. The van der Waals surface area contributed by atoms with Crippen LogP contribution in [-0.2, 0) is 16.4 Å². The first-order valence-electron chi connectivity index (χ1n) is 6.17. The van der Waals surface area contributed by atoms with Gasteiger partial charge in [-0.15, -0.1) is 11.8 Å². The van der Waals surface area contributed by atoms with Gasteiger partial charge in [-0.3, -0.25) is 0 Å². The van der Waals surface area contributed by atoms with Crippen LogP contribution in [0.5, 0.6) is 0 Å². The van der Waals surface area contributed by atoms with E-state index in [-0.39, 0.29) is 5.75 Å². The van der Waals surface area contributed by atoms with Crippen LogP contribution >= 0.6 is 11.8 Å². The van der Waals surface area contributed by atoms with E-state index in [9.17, 15) is 8.42 Å². The molecule has 1 aromatic carbocycles. The fraction of sp³-hybridized carbons (Fsp3) is 0.214. The highest BCUT2D eigenvalue weighted by Gasteiger charge is 2.14. The minimum absolute atomic E-state index is 0.0935. The molecule has 0 spiro atoms. The topological polar surface area (TPSA) is 73.1 Å². The molecule has 6 heteroatoms. The summed E-state index contributed by atoms with van der Waals surface area (Å²) >= 11 is 1.44. The zero-order valence-electron chi connectivity index (χ0n) is 10.9. The Hall–Kier alpha value is -1.37. The molecule has 1 aromatic heterocycles. The summed E-state index contributed by atoms with van der Waals surface area (Å²) in [6, 6.07) is 12.3. The van der Waals surface area contributed by atoms with Gasteiger partial charge in [0.2, 0.25) is 0 Å². The summed E-state index contributed by atoms with van der Waals surface area (Å²) in [5.74, 6) is 0.578. The van der Waals surface area contributed by atoms with Crippen LogP contribution < -0.4 is 5.73 Å². The smallest absolute Gasteiger partial charge is 0.179 e. The lowest BCUT2D eigenvalue weighted by Crippen LogP contribution is -2.09. The molecule has 0 radical (unpaired) electrons. The Labute approximate surface area is 123 Å². The maximum atomic E-state index is 12.2. The first-order chi connectivity index (χ1) is 9.62. The Kier molecular flexibility index (Phi) is 5.17. The predicted molar refractivity (Wildman–Crippen MR) is 81.3 cm³/mol. The monoisotopic (exact) mass is 308 g/mol. The second-order valence-corrected chi connectivity index (χ2v) is 7.41. The Morgan fingerprint density at radius 2 is 1.85 bits per heavy atom. The van der Waals surface area contributed by atoms with Gasteiger partial charge < -0.3 is 5.73 Å². The normalized spacial score (nSPS) is 11.4. The Morgan fingerprint density at radius 1 is 1.10 bits per heavy atom. The summed E-state index contributed by atoms with van der Waals surface area (Å²) in [6.45, 7) is 0.413. The van der Waals surface area contributed by atoms with Crippen LogP contribution in [0.1, 0.15) is 5.56 Å². The van der Waals surface area contributed by atoms with Crippen LogP contribution in [0.3, 0.4) is 0 Å². The van der Waals surface area contributed by atoms with Crippen molar-refractivity contribution >= 4 is 21.6 Å². The standard InChI is InChI=1S/C14H16N2O2S2/c15-11-12-4-6-13(7-5-12)20(17,18)10-9-19-14-3-1-2-8-16-14/h1-8H,9-11,15H2. The molecule has 20 heavy (non-hydrogen) atoms. The summed E-state index contributed by atoms with van der Waals surface area (Å²) in [5, 5.41) is 0.834. The molecular weight excluding hydrogens is 292 g/mol. The van der Waals surface area contributed by atoms with Crippen LogP contribution in [0.25, 0.3) is 0 Å². The summed E-state index contributed by atoms with van der Waals surface area (Å²) in [6.07, 6.45) is 1.70. The van der Waals surface area contributed by atoms with E-state index in [4.69, 9.17) is 5.73 Å². The first-order valence-corrected chi connectivity index (χ1v) is 8.81. The Morgan fingerprint density at radius 3 is 2.45 bits per heavy atom. The highest BCUT2D eigenvalue weighted by molar-refractivity contribution is 8.00. The highest BCUT2D eigenvalue weighted by Crippen LogP contribution is 2.18. The molecule has 0 saturated carbocycles. The van der Waals surface area contributed by atoms with Gasteiger partial charge in [-0.2, -0.15) is 0 Å². The van der Waals surface area contributed by atoms with E-state index in [1.165, 1.54) is 11.8 Å². The number of nitrogens with zero attached hydrogens (tertiary/aromatic N) is 1. The van der Waals surface area contributed by atoms with E-state index in [1.54, 1.807) is 30.5 Å². The highest BCUT2D eigenvalue weighted by atomic mass is 32.2. The van der Waals surface area contributed by atoms with E-state index in [2.05, 4.69) is 4.98 Å². The van der Waals surface area contributed by atoms with Crippen LogP contribution in [0.2, 0.25) is 0 Å². The molecule has 2 rings (SSSR count). The lowest BCUT2D eigenvalue weighted by atomic mass is 10.2. The van der Waals surface area contributed by atoms with Crippen LogP contribution in [-0.4, -0.2) is 24.9 Å². The molecule has 0 amide bonds. The first kappa shape index (κ1) is 15.0. The lowest BCUT2D eigenvalue weighted by molar-refractivity contribution is 0.597. The van der Waals surface area contributed by atoms with Crippen molar-refractivity contribution in [3.8, 4) is 0 Å². The van der Waals surface area contributed by atoms with Gasteiger partial charge in [0, 0.05) is 18.5 Å². The Balaban J connectivity index is 1.96. The average Bonchev–Trinajstić information content (AvgIpc) is 2.48. The maximum Gasteiger partial charge on any atom is 0.179 e. The Bertz CT molecular complexity index is 641. The summed E-state index contributed by atoms with van der Waals surface area (Å²) in [5.41, 5.74) is 6.42. The SMILES string of the molecule is NCc1ccc(S(=O)(=O)CCSc2ccccn2)cc1. The van der Waals surface area contributed by atoms with Crippen molar-refractivity contribution in [2.75, 3.05) is 11.5 Å². The van der Waals surface area contributed by atoms with Crippen LogP contribution in [0.15, 0.2) is 58.6 Å². The van der Waals surface area contributed by atoms with Gasteiger partial charge >= 0.3 is 0 Å². The average molecular weight is 308 g/mol. The van der Waals surface area contributed by atoms with Crippen molar-refractivity contribution in [1.82, 2.24) is 4.98 Å². The molecule has 0 aliphatic rings. The lowest BCUT2D eigenvalue weighted by Gasteiger charge is -2.05. The number of pyridine rings is 1. The zero-order valence-corrected chi connectivity index (χ0v) is 12.5. The molecule has 1 heterocycles. The summed E-state index contributed by atoms with van der Waals surface area (Å²) in [4.78, 5) is 4.49. The van der Waals surface area contributed by atoms with Crippen LogP contribution in [0, 0.1) is 0 Å². The molecule has 0 fully saturated rings. The van der Waals surface area contributed by atoms with Crippen molar-refractivity contribution in [2.45, 2.75) is 16.5 Å². The molecular formula is C14H16N2O2S2. The fourth-order valence-corrected chi connectivity index (χ4v) is 4.16. The number of rotatable bonds is 6. The molecule has 0 atom stereocenters. The quantitative estimate of drug-likeness (QED) is 0.827. The third-order valence-corrected chi connectivity index (χ3v) is 5.69. The van der Waals surface area contributed by atoms with Gasteiger partial charge in [-0.25, -0.2) is 13.4 Å². The number of thioether (sulfide) groups is 1. The minimum atomic E-state index is -3.24. The van der Waals surface area contributed by atoms with Crippen molar-refractivity contribution in [3.63, 3.8) is 0 Å². The summed E-state index contributed by atoms with van der Waals surface area (Å²) in [7, 11) is -3.24. The third-order valence-electron chi connectivity index (χ3n) is 2.76. The van der Waals surface area contributed by atoms with Gasteiger partial charge in [0.05, 0.1) is 15.7 Å². The number of hydrogen-bond acceptors (Lipinski definition) is 5. The van der Waals surface area contributed by atoms with E-state index < -0.39 is 9.84 Å². The molecule has 106 valence electrons. The number of sulfone groups is 1. The van der Waals surface area contributed by atoms with Crippen molar-refractivity contribution in [1.29, 1.82) is 0 Å². The molecule has 0 saturated heterocycles. The molecule has 4 nitrogen and oxygen atoms in total. The molecule has 2 N–H and O–H groups in total. The van der Waals surface area contributed by atoms with Gasteiger partial charge in [-0.1, -0.05) is 18.2 Å². The second kappa shape index (κ2) is 6.88. The minimum Gasteiger partial charge on any atom is -0.326 e. The number of aromatic nitrogens is 1. The zero-order chi connectivity index (χ0) is 14.4. The second-order valence-electron chi connectivity index (χ2n) is 4.18. The van der Waals surface area contributed by atoms with Crippen molar-refractivity contribution in [2.24, 2.45) is 5.73 Å². The van der Waals surface area contributed by atoms with E-state index in [1.807, 2.05) is 18.2 Å². The maximum absolute atomic E-state index is 12.2. The molecule has 0 aliphatic carbocycles. The summed E-state index contributed by atoms with van der Waals surface area (Å²) < 4.78 is 24.3. The molecule has 0 aliphatic heterocycles. The molecule has 0 unspecified atom stereocenters.